The van der Waals surface area contributed by atoms with Crippen molar-refractivity contribution < 1.29 is 0 Å². The number of rotatable bonds is 1. The number of imidazole rings is 1. The van der Waals surface area contributed by atoms with E-state index in [9.17, 15) is 4.79 Å². The van der Waals surface area contributed by atoms with Crippen molar-refractivity contribution >= 4 is 11.2 Å². The lowest BCUT2D eigenvalue weighted by molar-refractivity contribution is 0.290. The van der Waals surface area contributed by atoms with E-state index in [2.05, 4.69) is 16.9 Å². The molecule has 0 aromatic carbocycles. The fourth-order valence-electron chi connectivity index (χ4n) is 2.82. The van der Waals surface area contributed by atoms with E-state index in [1.165, 1.54) is 12.8 Å². The van der Waals surface area contributed by atoms with E-state index in [4.69, 9.17) is 0 Å². The van der Waals surface area contributed by atoms with Crippen molar-refractivity contribution in [2.24, 2.45) is 5.92 Å². The van der Waals surface area contributed by atoms with E-state index in [1.54, 1.807) is 6.20 Å². The fraction of sp³-hybridized carbons (Fsp3) is 0.600. The lowest BCUT2D eigenvalue weighted by Crippen LogP contribution is -2.25. The maximum absolute atomic E-state index is 12.0. The lowest BCUT2D eigenvalue weighted by atomic mass is 9.87. The summed E-state index contributed by atoms with van der Waals surface area (Å²) in [5.74, 6) is 0.797. The van der Waals surface area contributed by atoms with Crippen molar-refractivity contribution in [2.75, 3.05) is 0 Å². The quantitative estimate of drug-likeness (QED) is 0.854. The SMILES string of the molecule is CC.CC1CCC(n2c(=O)[nH]c3ncccc32)CC1. The zero-order chi connectivity index (χ0) is 13.8. The predicted octanol–water partition coefficient (Wildman–Crippen LogP) is 3.50. The molecule has 1 aliphatic rings. The Balaban J connectivity index is 0.000000637. The normalized spacial score (nSPS) is 22.9. The summed E-state index contributed by atoms with van der Waals surface area (Å²) in [4.78, 5) is 19.0. The van der Waals surface area contributed by atoms with Crippen LogP contribution < -0.4 is 5.69 Å². The third-order valence-electron chi connectivity index (χ3n) is 3.84. The van der Waals surface area contributed by atoms with Gasteiger partial charge in [0.2, 0.25) is 0 Å². The van der Waals surface area contributed by atoms with Crippen LogP contribution in [0.3, 0.4) is 0 Å². The Morgan fingerprint density at radius 1 is 1.26 bits per heavy atom. The Morgan fingerprint density at radius 3 is 2.63 bits per heavy atom. The highest BCUT2D eigenvalue weighted by Crippen LogP contribution is 2.32. The van der Waals surface area contributed by atoms with Gasteiger partial charge in [0, 0.05) is 12.2 Å². The number of nitrogens with one attached hydrogen (secondary N) is 1. The van der Waals surface area contributed by atoms with E-state index in [0.717, 1.165) is 24.3 Å². The molecule has 0 aliphatic heterocycles. The molecule has 4 heteroatoms. The smallest absolute Gasteiger partial charge is 0.290 e. The van der Waals surface area contributed by atoms with Crippen LogP contribution in [0.4, 0.5) is 0 Å². The summed E-state index contributed by atoms with van der Waals surface area (Å²) in [7, 11) is 0. The molecule has 1 N–H and O–H groups in total. The van der Waals surface area contributed by atoms with Gasteiger partial charge in [-0.2, -0.15) is 0 Å². The summed E-state index contributed by atoms with van der Waals surface area (Å²) in [6.45, 7) is 6.29. The molecule has 1 aliphatic carbocycles. The van der Waals surface area contributed by atoms with Crippen LogP contribution >= 0.6 is 0 Å². The van der Waals surface area contributed by atoms with Crippen LogP contribution in [0.5, 0.6) is 0 Å². The zero-order valence-corrected chi connectivity index (χ0v) is 12.0. The van der Waals surface area contributed by atoms with Crippen LogP contribution in [0.2, 0.25) is 0 Å². The van der Waals surface area contributed by atoms with E-state index < -0.39 is 0 Å². The number of fused-ring (bicyclic) bond motifs is 1. The molecule has 104 valence electrons. The van der Waals surface area contributed by atoms with Gasteiger partial charge in [-0.25, -0.2) is 9.78 Å². The largest absolute Gasteiger partial charge is 0.327 e. The minimum atomic E-state index is -0.0155. The van der Waals surface area contributed by atoms with Crippen molar-refractivity contribution in [3.63, 3.8) is 0 Å². The molecule has 0 atom stereocenters. The average Bonchev–Trinajstić information content (AvgIpc) is 2.78. The number of aromatic nitrogens is 3. The second kappa shape index (κ2) is 6.04. The summed E-state index contributed by atoms with van der Waals surface area (Å²) in [5, 5.41) is 0. The van der Waals surface area contributed by atoms with Crippen LogP contribution in [0.1, 0.15) is 52.5 Å². The third kappa shape index (κ3) is 2.72. The van der Waals surface area contributed by atoms with Crippen LogP contribution in [0.25, 0.3) is 11.2 Å². The molecule has 2 heterocycles. The highest BCUT2D eigenvalue weighted by Gasteiger charge is 2.22. The average molecular weight is 261 g/mol. The Morgan fingerprint density at radius 2 is 1.95 bits per heavy atom. The molecule has 0 bridgehead atoms. The van der Waals surface area contributed by atoms with Gasteiger partial charge in [0.1, 0.15) is 0 Å². The topological polar surface area (TPSA) is 50.7 Å². The van der Waals surface area contributed by atoms with Crippen LogP contribution in [-0.2, 0) is 0 Å². The molecule has 1 fully saturated rings. The summed E-state index contributed by atoms with van der Waals surface area (Å²) in [6.07, 6.45) is 6.34. The first-order valence-corrected chi connectivity index (χ1v) is 7.31. The number of pyridine rings is 1. The molecule has 19 heavy (non-hydrogen) atoms. The first kappa shape index (κ1) is 13.8. The van der Waals surface area contributed by atoms with Crippen molar-refractivity contribution in [3.05, 3.63) is 28.8 Å². The summed E-state index contributed by atoms with van der Waals surface area (Å²) in [5.41, 5.74) is 1.63. The molecule has 3 rings (SSSR count). The molecule has 2 aromatic rings. The highest BCUT2D eigenvalue weighted by molar-refractivity contribution is 5.70. The molecule has 0 radical (unpaired) electrons. The summed E-state index contributed by atoms with van der Waals surface area (Å²) < 4.78 is 1.90. The Kier molecular flexibility index (Phi) is 4.40. The van der Waals surface area contributed by atoms with E-state index in [0.29, 0.717) is 11.7 Å². The number of H-pyrrole nitrogens is 1. The maximum Gasteiger partial charge on any atom is 0.327 e. The van der Waals surface area contributed by atoms with Gasteiger partial charge in [0.25, 0.3) is 0 Å². The Hall–Kier alpha value is -1.58. The highest BCUT2D eigenvalue weighted by atomic mass is 16.1. The van der Waals surface area contributed by atoms with Crippen molar-refractivity contribution in [1.82, 2.24) is 14.5 Å². The van der Waals surface area contributed by atoms with Gasteiger partial charge in [-0.3, -0.25) is 9.55 Å². The third-order valence-corrected chi connectivity index (χ3v) is 3.84. The maximum atomic E-state index is 12.0. The first-order chi connectivity index (χ1) is 9.25. The molecule has 1 saturated carbocycles. The molecule has 0 spiro atoms. The number of hydrogen-bond acceptors (Lipinski definition) is 2. The monoisotopic (exact) mass is 261 g/mol. The second-order valence-electron chi connectivity index (χ2n) is 5.08. The summed E-state index contributed by atoms with van der Waals surface area (Å²) >= 11 is 0. The molecule has 2 aromatic heterocycles. The molecular formula is C15H23N3O. The number of aromatic amines is 1. The van der Waals surface area contributed by atoms with Crippen LogP contribution in [0.15, 0.2) is 23.1 Å². The van der Waals surface area contributed by atoms with Crippen molar-refractivity contribution in [1.29, 1.82) is 0 Å². The standard InChI is InChI=1S/C13H17N3O.C2H6/c1-9-4-6-10(7-5-9)16-11-3-2-8-14-12(11)15-13(16)17;1-2/h2-3,8-10H,4-7H2,1H3,(H,14,15,17);1-2H3. The van der Waals surface area contributed by atoms with Crippen LogP contribution in [-0.4, -0.2) is 14.5 Å². The van der Waals surface area contributed by atoms with E-state index >= 15 is 0 Å². The molecular weight excluding hydrogens is 238 g/mol. The van der Waals surface area contributed by atoms with Gasteiger partial charge >= 0.3 is 5.69 Å². The minimum absolute atomic E-state index is 0.0155. The van der Waals surface area contributed by atoms with Crippen LogP contribution in [0, 0.1) is 5.92 Å². The van der Waals surface area contributed by atoms with Crippen molar-refractivity contribution in [2.45, 2.75) is 52.5 Å². The fourth-order valence-corrected chi connectivity index (χ4v) is 2.82. The second-order valence-corrected chi connectivity index (χ2v) is 5.08. The van der Waals surface area contributed by atoms with Gasteiger partial charge in [0.05, 0.1) is 5.52 Å². The van der Waals surface area contributed by atoms with Gasteiger partial charge in [-0.15, -0.1) is 0 Å². The Bertz CT molecular complexity index is 576. The molecule has 0 saturated heterocycles. The zero-order valence-electron chi connectivity index (χ0n) is 12.0. The predicted molar refractivity (Wildman–Crippen MR) is 78.4 cm³/mol. The van der Waals surface area contributed by atoms with E-state index in [-0.39, 0.29) is 5.69 Å². The van der Waals surface area contributed by atoms with Gasteiger partial charge in [-0.05, 0) is 43.7 Å². The van der Waals surface area contributed by atoms with Gasteiger partial charge < -0.3 is 0 Å². The lowest BCUT2D eigenvalue weighted by Gasteiger charge is -2.26. The molecule has 0 amide bonds. The summed E-state index contributed by atoms with van der Waals surface area (Å²) in [6, 6.07) is 4.20. The van der Waals surface area contributed by atoms with Crippen molar-refractivity contribution in [3.8, 4) is 0 Å². The first-order valence-electron chi connectivity index (χ1n) is 7.31. The van der Waals surface area contributed by atoms with Gasteiger partial charge in [0.15, 0.2) is 5.65 Å². The Labute approximate surface area is 113 Å². The number of nitrogens with zero attached hydrogens (tertiary/aromatic N) is 2. The number of hydrogen-bond donors (Lipinski definition) is 1. The van der Waals surface area contributed by atoms with Gasteiger partial charge in [-0.1, -0.05) is 20.8 Å². The molecule has 4 nitrogen and oxygen atoms in total. The van der Waals surface area contributed by atoms with E-state index in [1.807, 2.05) is 30.5 Å². The minimum Gasteiger partial charge on any atom is -0.290 e. The molecule has 0 unspecified atom stereocenters.